The van der Waals surface area contributed by atoms with Gasteiger partial charge < -0.3 is 14.8 Å². The summed E-state index contributed by atoms with van der Waals surface area (Å²) >= 11 is 0. The molecule has 1 unspecified atom stereocenters. The minimum absolute atomic E-state index is 0.183. The Bertz CT molecular complexity index is 717. The van der Waals surface area contributed by atoms with Gasteiger partial charge in [-0.05, 0) is 24.5 Å². The number of ether oxygens (including phenoxy) is 2. The molecule has 5 heteroatoms. The van der Waals surface area contributed by atoms with E-state index >= 15 is 0 Å². The number of benzene rings is 1. The lowest BCUT2D eigenvalue weighted by Gasteiger charge is -2.26. The predicted octanol–water partition coefficient (Wildman–Crippen LogP) is 2.59. The average Bonchev–Trinajstić information content (AvgIpc) is 2.78. The van der Waals surface area contributed by atoms with Gasteiger partial charge in [-0.2, -0.15) is 0 Å². The van der Waals surface area contributed by atoms with Gasteiger partial charge in [0.2, 0.25) is 0 Å². The summed E-state index contributed by atoms with van der Waals surface area (Å²) in [7, 11) is 2.66. The standard InChI is InChI=1S/C18H19NO4/c1-22-17(20)13-9-10-15-12(16(13)18(21)23-2)8-7-11-5-3-4-6-14(11)19-15/h3-6,10,12,19H,7-9H2,1-2H3. The number of anilines is 1. The van der Waals surface area contributed by atoms with E-state index in [0.717, 1.165) is 24.2 Å². The molecule has 1 aromatic rings. The fourth-order valence-corrected chi connectivity index (χ4v) is 3.28. The van der Waals surface area contributed by atoms with Crippen LogP contribution in [0.4, 0.5) is 5.69 Å². The number of hydrogen-bond acceptors (Lipinski definition) is 5. The van der Waals surface area contributed by atoms with Gasteiger partial charge in [-0.15, -0.1) is 0 Å². The fraction of sp³-hybridized carbons (Fsp3) is 0.333. The first kappa shape index (κ1) is 15.3. The van der Waals surface area contributed by atoms with Gasteiger partial charge in [0.05, 0.1) is 25.4 Å². The zero-order chi connectivity index (χ0) is 16.4. The Morgan fingerprint density at radius 1 is 1.13 bits per heavy atom. The van der Waals surface area contributed by atoms with Crippen LogP contribution in [0, 0.1) is 5.92 Å². The molecule has 0 saturated carbocycles. The van der Waals surface area contributed by atoms with E-state index in [-0.39, 0.29) is 5.92 Å². The molecule has 0 amide bonds. The van der Waals surface area contributed by atoms with E-state index < -0.39 is 11.9 Å². The highest BCUT2D eigenvalue weighted by atomic mass is 16.5. The minimum Gasteiger partial charge on any atom is -0.466 e. The van der Waals surface area contributed by atoms with Gasteiger partial charge in [0, 0.05) is 23.7 Å². The summed E-state index contributed by atoms with van der Waals surface area (Å²) in [6.07, 6.45) is 3.88. The molecule has 0 bridgehead atoms. The maximum Gasteiger partial charge on any atom is 0.334 e. The Hall–Kier alpha value is -2.56. The van der Waals surface area contributed by atoms with E-state index in [1.165, 1.54) is 19.8 Å². The van der Waals surface area contributed by atoms with E-state index in [1.54, 1.807) is 0 Å². The molecule has 0 spiro atoms. The van der Waals surface area contributed by atoms with E-state index in [0.29, 0.717) is 17.6 Å². The Labute approximate surface area is 135 Å². The summed E-state index contributed by atoms with van der Waals surface area (Å²) in [4.78, 5) is 24.3. The van der Waals surface area contributed by atoms with Crippen molar-refractivity contribution in [2.75, 3.05) is 19.5 Å². The second-order valence-corrected chi connectivity index (χ2v) is 5.61. The number of esters is 2. The van der Waals surface area contributed by atoms with Crippen molar-refractivity contribution in [3.63, 3.8) is 0 Å². The Kier molecular flexibility index (Phi) is 4.19. The molecule has 3 rings (SSSR count). The second-order valence-electron chi connectivity index (χ2n) is 5.61. The molecule has 1 atom stereocenters. The molecule has 0 aromatic heterocycles. The monoisotopic (exact) mass is 313 g/mol. The molecule has 1 heterocycles. The van der Waals surface area contributed by atoms with E-state index in [1.807, 2.05) is 24.3 Å². The van der Waals surface area contributed by atoms with Crippen LogP contribution < -0.4 is 5.32 Å². The van der Waals surface area contributed by atoms with E-state index in [9.17, 15) is 9.59 Å². The molecule has 1 aromatic carbocycles. The topological polar surface area (TPSA) is 64.6 Å². The molecule has 1 aliphatic carbocycles. The zero-order valence-corrected chi connectivity index (χ0v) is 13.2. The number of rotatable bonds is 2. The molecule has 2 aliphatic rings. The Morgan fingerprint density at radius 3 is 2.61 bits per heavy atom. The normalized spacial score (nSPS) is 19.6. The fourth-order valence-electron chi connectivity index (χ4n) is 3.28. The van der Waals surface area contributed by atoms with Crippen molar-refractivity contribution < 1.29 is 19.1 Å². The molecule has 0 fully saturated rings. The number of carbonyl (C=O) groups excluding carboxylic acids is 2. The number of hydrogen-bond donors (Lipinski definition) is 1. The highest BCUT2D eigenvalue weighted by molar-refractivity contribution is 6.02. The number of fused-ring (bicyclic) bond motifs is 2. The lowest BCUT2D eigenvalue weighted by Crippen LogP contribution is -2.27. The molecule has 1 N–H and O–H groups in total. The number of aryl methyl sites for hydroxylation is 1. The van der Waals surface area contributed by atoms with Gasteiger partial charge in [0.1, 0.15) is 0 Å². The van der Waals surface area contributed by atoms with Crippen molar-refractivity contribution in [1.29, 1.82) is 0 Å². The van der Waals surface area contributed by atoms with Crippen LogP contribution >= 0.6 is 0 Å². The summed E-state index contributed by atoms with van der Waals surface area (Å²) < 4.78 is 9.76. The first-order valence-electron chi connectivity index (χ1n) is 7.60. The Balaban J connectivity index is 2.02. The second kappa shape index (κ2) is 6.28. The summed E-state index contributed by atoms with van der Waals surface area (Å²) in [6, 6.07) is 8.08. The largest absolute Gasteiger partial charge is 0.466 e. The van der Waals surface area contributed by atoms with Gasteiger partial charge in [0.15, 0.2) is 0 Å². The van der Waals surface area contributed by atoms with Gasteiger partial charge in [-0.1, -0.05) is 24.3 Å². The van der Waals surface area contributed by atoms with Crippen molar-refractivity contribution >= 4 is 17.6 Å². The number of nitrogens with one attached hydrogen (secondary N) is 1. The van der Waals surface area contributed by atoms with Crippen LogP contribution in [0.2, 0.25) is 0 Å². The SMILES string of the molecule is COC(=O)C1=C(C(=O)OC)C2CCc3ccccc3NC2=CC1. The van der Waals surface area contributed by atoms with E-state index in [4.69, 9.17) is 9.47 Å². The quantitative estimate of drug-likeness (QED) is 0.850. The minimum atomic E-state index is -0.470. The zero-order valence-electron chi connectivity index (χ0n) is 13.2. The number of allylic oxidation sites excluding steroid dienone is 2. The van der Waals surface area contributed by atoms with E-state index in [2.05, 4.69) is 11.4 Å². The van der Waals surface area contributed by atoms with Crippen LogP contribution in [-0.4, -0.2) is 26.2 Å². The lowest BCUT2D eigenvalue weighted by molar-refractivity contribution is -0.139. The smallest absolute Gasteiger partial charge is 0.334 e. The third-order valence-corrected chi connectivity index (χ3v) is 4.41. The third-order valence-electron chi connectivity index (χ3n) is 4.41. The number of methoxy groups -OCH3 is 2. The average molecular weight is 313 g/mol. The third kappa shape index (κ3) is 2.74. The van der Waals surface area contributed by atoms with Crippen LogP contribution in [0.3, 0.4) is 0 Å². The summed E-state index contributed by atoms with van der Waals surface area (Å²) in [6.45, 7) is 0. The van der Waals surface area contributed by atoms with Gasteiger partial charge in [-0.25, -0.2) is 9.59 Å². The predicted molar refractivity (Wildman–Crippen MR) is 85.6 cm³/mol. The van der Waals surface area contributed by atoms with Crippen molar-refractivity contribution in [2.24, 2.45) is 5.92 Å². The maximum atomic E-state index is 12.3. The molecule has 1 aliphatic heterocycles. The van der Waals surface area contributed by atoms with Gasteiger partial charge in [0.25, 0.3) is 0 Å². The molecule has 0 radical (unpaired) electrons. The number of carbonyl (C=O) groups is 2. The highest BCUT2D eigenvalue weighted by Crippen LogP contribution is 2.39. The first-order chi connectivity index (χ1) is 11.2. The molecular formula is C18H19NO4. The lowest BCUT2D eigenvalue weighted by atomic mass is 9.82. The van der Waals surface area contributed by atoms with Crippen molar-refractivity contribution in [2.45, 2.75) is 19.3 Å². The van der Waals surface area contributed by atoms with Crippen LogP contribution in [0.25, 0.3) is 0 Å². The van der Waals surface area contributed by atoms with Crippen molar-refractivity contribution in [1.82, 2.24) is 0 Å². The van der Waals surface area contributed by atoms with Crippen LogP contribution in [0.5, 0.6) is 0 Å². The number of para-hydroxylation sites is 1. The molecular weight excluding hydrogens is 294 g/mol. The van der Waals surface area contributed by atoms with Crippen LogP contribution in [-0.2, 0) is 25.5 Å². The molecule has 23 heavy (non-hydrogen) atoms. The van der Waals surface area contributed by atoms with Gasteiger partial charge in [-0.3, -0.25) is 0 Å². The van der Waals surface area contributed by atoms with Crippen molar-refractivity contribution in [3.8, 4) is 0 Å². The summed E-state index contributed by atoms with van der Waals surface area (Å²) in [5, 5.41) is 3.41. The van der Waals surface area contributed by atoms with Crippen LogP contribution in [0.1, 0.15) is 18.4 Å². The summed E-state index contributed by atoms with van der Waals surface area (Å²) in [5.41, 5.74) is 4.00. The summed E-state index contributed by atoms with van der Waals surface area (Å²) in [5.74, 6) is -1.12. The van der Waals surface area contributed by atoms with Crippen molar-refractivity contribution in [3.05, 3.63) is 52.7 Å². The molecule has 120 valence electrons. The molecule has 5 nitrogen and oxygen atoms in total. The Morgan fingerprint density at radius 2 is 1.87 bits per heavy atom. The highest BCUT2D eigenvalue weighted by Gasteiger charge is 2.35. The molecule has 0 saturated heterocycles. The van der Waals surface area contributed by atoms with Gasteiger partial charge >= 0.3 is 11.9 Å². The first-order valence-corrected chi connectivity index (χ1v) is 7.60. The maximum absolute atomic E-state index is 12.3. The van der Waals surface area contributed by atoms with Crippen LogP contribution in [0.15, 0.2) is 47.2 Å².